The van der Waals surface area contributed by atoms with E-state index < -0.39 is 0 Å². The molecule has 64 valence electrons. The number of nitrogens with zero attached hydrogens (tertiary/aromatic N) is 1. The number of pyridine rings is 1. The van der Waals surface area contributed by atoms with E-state index in [1.54, 1.807) is 6.20 Å². The number of fused-ring (bicyclic) bond motifs is 1. The van der Waals surface area contributed by atoms with E-state index in [-0.39, 0.29) is 12.4 Å². The molecule has 13 heavy (non-hydrogen) atoms. The average molecular weight is 190 g/mol. The lowest BCUT2D eigenvalue weighted by Crippen LogP contribution is -1.78. The van der Waals surface area contributed by atoms with Crippen LogP contribution in [0.2, 0.25) is 0 Å². The molecule has 0 saturated carbocycles. The number of aromatic nitrogens is 1. The summed E-state index contributed by atoms with van der Waals surface area (Å²) in [6.45, 7) is 0. The summed E-state index contributed by atoms with van der Waals surface area (Å²) >= 11 is 0. The summed E-state index contributed by atoms with van der Waals surface area (Å²) in [5, 5.41) is 1.09. The molecule has 0 aliphatic heterocycles. The Kier molecular flexibility index (Phi) is 2.89. The normalized spacial score (nSPS) is 8.85. The second-order valence-corrected chi connectivity index (χ2v) is 2.56. The van der Waals surface area contributed by atoms with Crippen molar-refractivity contribution in [2.24, 2.45) is 0 Å². The Morgan fingerprint density at radius 1 is 1.23 bits per heavy atom. The minimum Gasteiger partial charge on any atom is -0.256 e. The van der Waals surface area contributed by atoms with E-state index in [4.69, 9.17) is 6.42 Å². The van der Waals surface area contributed by atoms with Crippen LogP contribution in [0.15, 0.2) is 36.5 Å². The van der Waals surface area contributed by atoms with Crippen LogP contribution in [0.5, 0.6) is 0 Å². The lowest BCUT2D eigenvalue weighted by molar-refractivity contribution is 1.41. The zero-order chi connectivity index (χ0) is 8.39. The third kappa shape index (κ3) is 1.80. The Bertz CT molecular complexity index is 457. The molecule has 2 rings (SSSR count). The van der Waals surface area contributed by atoms with Crippen molar-refractivity contribution in [2.45, 2.75) is 0 Å². The fourth-order valence-corrected chi connectivity index (χ4v) is 1.17. The van der Waals surface area contributed by atoms with Gasteiger partial charge in [-0.15, -0.1) is 18.8 Å². The van der Waals surface area contributed by atoms with Gasteiger partial charge in [-0.1, -0.05) is 12.0 Å². The lowest BCUT2D eigenvalue weighted by Gasteiger charge is -1.95. The second kappa shape index (κ2) is 3.93. The van der Waals surface area contributed by atoms with Crippen molar-refractivity contribution in [2.75, 3.05) is 0 Å². The molecule has 0 atom stereocenters. The monoisotopic (exact) mass is 189 g/mol. The van der Waals surface area contributed by atoms with Gasteiger partial charge in [0.2, 0.25) is 0 Å². The van der Waals surface area contributed by atoms with E-state index in [1.807, 2.05) is 30.3 Å². The van der Waals surface area contributed by atoms with E-state index in [0.717, 1.165) is 16.5 Å². The maximum absolute atomic E-state index is 5.27. The molecule has 1 aromatic carbocycles. The Hall–Kier alpha value is -1.52. The van der Waals surface area contributed by atoms with E-state index in [9.17, 15) is 0 Å². The number of benzene rings is 1. The van der Waals surface area contributed by atoms with Crippen LogP contribution < -0.4 is 0 Å². The fraction of sp³-hybridized carbons (Fsp3) is 0. The fourth-order valence-electron chi connectivity index (χ4n) is 1.17. The van der Waals surface area contributed by atoms with Crippen LogP contribution in [0.3, 0.4) is 0 Å². The zero-order valence-electron chi connectivity index (χ0n) is 6.90. The Morgan fingerprint density at radius 3 is 2.85 bits per heavy atom. The number of hydrogen-bond acceptors (Lipinski definition) is 1. The Morgan fingerprint density at radius 2 is 2.08 bits per heavy atom. The molecular weight excluding hydrogens is 182 g/mol. The molecule has 0 aliphatic rings. The third-order valence-corrected chi connectivity index (χ3v) is 1.77. The van der Waals surface area contributed by atoms with Gasteiger partial charge in [-0.05, 0) is 24.3 Å². The van der Waals surface area contributed by atoms with Crippen molar-refractivity contribution in [3.05, 3.63) is 42.1 Å². The third-order valence-electron chi connectivity index (χ3n) is 1.77. The molecule has 1 nitrogen and oxygen atoms in total. The first kappa shape index (κ1) is 9.57. The van der Waals surface area contributed by atoms with Gasteiger partial charge in [-0.25, -0.2) is 0 Å². The van der Waals surface area contributed by atoms with Crippen molar-refractivity contribution in [3.8, 4) is 12.3 Å². The first-order valence-electron chi connectivity index (χ1n) is 3.71. The molecule has 0 aliphatic carbocycles. The summed E-state index contributed by atoms with van der Waals surface area (Å²) in [4.78, 5) is 4.19. The predicted molar refractivity (Wildman–Crippen MR) is 56.9 cm³/mol. The van der Waals surface area contributed by atoms with Crippen LogP contribution >= 0.6 is 12.4 Å². The van der Waals surface area contributed by atoms with E-state index in [2.05, 4.69) is 10.9 Å². The first-order valence-corrected chi connectivity index (χ1v) is 3.71. The predicted octanol–water partition coefficient (Wildman–Crippen LogP) is 2.64. The van der Waals surface area contributed by atoms with Crippen molar-refractivity contribution in [1.29, 1.82) is 0 Å². The number of hydrogen-bond donors (Lipinski definition) is 0. The number of rotatable bonds is 0. The molecule has 1 aromatic heterocycles. The maximum atomic E-state index is 5.27. The van der Waals surface area contributed by atoms with Gasteiger partial charge in [0, 0.05) is 17.1 Å². The second-order valence-electron chi connectivity index (χ2n) is 2.56. The highest BCUT2D eigenvalue weighted by Gasteiger charge is 1.92. The summed E-state index contributed by atoms with van der Waals surface area (Å²) in [6, 6.07) is 9.70. The summed E-state index contributed by atoms with van der Waals surface area (Å²) < 4.78 is 0. The van der Waals surface area contributed by atoms with Crippen LogP contribution in [0.1, 0.15) is 5.56 Å². The summed E-state index contributed by atoms with van der Waals surface area (Å²) in [5.74, 6) is 2.59. The minimum absolute atomic E-state index is 0. The molecule has 2 heteroatoms. The van der Waals surface area contributed by atoms with Crippen molar-refractivity contribution < 1.29 is 0 Å². The molecule has 0 fully saturated rings. The highest BCUT2D eigenvalue weighted by molar-refractivity contribution is 5.85. The molecule has 0 bridgehead atoms. The Labute approximate surface area is 83.2 Å². The summed E-state index contributed by atoms with van der Waals surface area (Å²) in [5.41, 5.74) is 1.88. The largest absolute Gasteiger partial charge is 0.256 e. The Balaban J connectivity index is 0.000000845. The van der Waals surface area contributed by atoms with Gasteiger partial charge in [-0.3, -0.25) is 4.98 Å². The van der Waals surface area contributed by atoms with Gasteiger partial charge in [0.15, 0.2) is 0 Å². The van der Waals surface area contributed by atoms with Crippen molar-refractivity contribution in [1.82, 2.24) is 4.98 Å². The number of halogens is 1. The molecule has 0 amide bonds. The molecule has 0 radical (unpaired) electrons. The molecule has 0 N–H and O–H groups in total. The molecule has 0 unspecified atom stereocenters. The van der Waals surface area contributed by atoms with Crippen LogP contribution in [-0.2, 0) is 0 Å². The molecular formula is C11H8ClN. The maximum Gasteiger partial charge on any atom is 0.0702 e. The quantitative estimate of drug-likeness (QED) is 0.581. The molecule has 1 heterocycles. The van der Waals surface area contributed by atoms with E-state index >= 15 is 0 Å². The molecule has 2 aromatic rings. The van der Waals surface area contributed by atoms with Gasteiger partial charge in [0.25, 0.3) is 0 Å². The standard InChI is InChI=1S/C11H7N.ClH/c1-2-9-5-6-11-10(8-9)4-3-7-12-11;/h1,3-8H;1H. The van der Waals surface area contributed by atoms with Crippen molar-refractivity contribution >= 4 is 23.3 Å². The van der Waals surface area contributed by atoms with Crippen LogP contribution in [-0.4, -0.2) is 4.98 Å². The smallest absolute Gasteiger partial charge is 0.0702 e. The van der Waals surface area contributed by atoms with Crippen LogP contribution in [0.4, 0.5) is 0 Å². The highest BCUT2D eigenvalue weighted by Crippen LogP contribution is 2.11. The van der Waals surface area contributed by atoms with Gasteiger partial charge in [-0.2, -0.15) is 0 Å². The van der Waals surface area contributed by atoms with E-state index in [1.165, 1.54) is 0 Å². The van der Waals surface area contributed by atoms with Gasteiger partial charge in [0.1, 0.15) is 0 Å². The number of terminal acetylenes is 1. The molecule has 0 saturated heterocycles. The van der Waals surface area contributed by atoms with Gasteiger partial charge in [0.05, 0.1) is 5.52 Å². The van der Waals surface area contributed by atoms with Crippen LogP contribution in [0.25, 0.3) is 10.9 Å². The molecule has 0 spiro atoms. The van der Waals surface area contributed by atoms with Crippen molar-refractivity contribution in [3.63, 3.8) is 0 Å². The summed E-state index contributed by atoms with van der Waals surface area (Å²) in [7, 11) is 0. The van der Waals surface area contributed by atoms with Gasteiger partial charge >= 0.3 is 0 Å². The average Bonchev–Trinajstić information content (AvgIpc) is 2.17. The van der Waals surface area contributed by atoms with Crippen LogP contribution in [0, 0.1) is 12.3 Å². The van der Waals surface area contributed by atoms with E-state index in [0.29, 0.717) is 0 Å². The van der Waals surface area contributed by atoms with Gasteiger partial charge < -0.3 is 0 Å². The zero-order valence-corrected chi connectivity index (χ0v) is 7.71. The lowest BCUT2D eigenvalue weighted by atomic mass is 10.1. The highest BCUT2D eigenvalue weighted by atomic mass is 35.5. The minimum atomic E-state index is 0. The SMILES string of the molecule is C#Cc1ccc2ncccc2c1.Cl. The topological polar surface area (TPSA) is 12.9 Å². The summed E-state index contributed by atoms with van der Waals surface area (Å²) in [6.07, 6.45) is 7.05. The first-order chi connectivity index (χ1) is 5.90.